The van der Waals surface area contributed by atoms with E-state index in [2.05, 4.69) is 12.2 Å². The predicted octanol–water partition coefficient (Wildman–Crippen LogP) is 1.66. The second-order valence-electron chi connectivity index (χ2n) is 4.19. The molecule has 1 unspecified atom stereocenters. The maximum Gasteiger partial charge on any atom is 0.371 e. The first-order valence-corrected chi connectivity index (χ1v) is 5.56. The van der Waals surface area contributed by atoms with E-state index in [0.29, 0.717) is 24.8 Å². The van der Waals surface area contributed by atoms with Crippen molar-refractivity contribution in [2.24, 2.45) is 5.92 Å². The second-order valence-corrected chi connectivity index (χ2v) is 4.19. The lowest BCUT2D eigenvalue weighted by atomic mass is 10.2. The molecule has 0 bridgehead atoms. The molecule has 1 atom stereocenters. The number of nitrogens with one attached hydrogen (secondary N) is 1. The zero-order valence-electron chi connectivity index (χ0n) is 10.4. The molecule has 0 aliphatic carbocycles. The van der Waals surface area contributed by atoms with E-state index in [1.807, 2.05) is 0 Å². The van der Waals surface area contributed by atoms with Gasteiger partial charge in [-0.15, -0.1) is 0 Å². The predicted molar refractivity (Wildman–Crippen MR) is 63.2 cm³/mol. The largest absolute Gasteiger partial charge is 0.475 e. The summed E-state index contributed by atoms with van der Waals surface area (Å²) in [5.74, 6) is 0.0248. The third kappa shape index (κ3) is 4.20. The Kier molecular flexibility index (Phi) is 5.18. The summed E-state index contributed by atoms with van der Waals surface area (Å²) < 4.78 is 10.1. The quantitative estimate of drug-likeness (QED) is 0.759. The van der Waals surface area contributed by atoms with Crippen LogP contribution < -0.4 is 5.32 Å². The number of carboxylic acids is 1. The Morgan fingerprint density at radius 3 is 2.88 bits per heavy atom. The summed E-state index contributed by atoms with van der Waals surface area (Å²) >= 11 is 0. The highest BCUT2D eigenvalue weighted by molar-refractivity contribution is 5.84. The Hall–Kier alpha value is -1.33. The van der Waals surface area contributed by atoms with Gasteiger partial charge in [-0.3, -0.25) is 0 Å². The average molecular weight is 241 g/mol. The number of carboxylic acid groups (broad SMARTS) is 1. The van der Waals surface area contributed by atoms with Gasteiger partial charge in [-0.25, -0.2) is 4.79 Å². The maximum absolute atomic E-state index is 10.7. The number of hydrogen-bond acceptors (Lipinski definition) is 4. The van der Waals surface area contributed by atoms with E-state index in [4.69, 9.17) is 14.3 Å². The summed E-state index contributed by atoms with van der Waals surface area (Å²) in [6.45, 7) is 5.98. The molecule has 2 N–H and O–H groups in total. The Labute approximate surface area is 101 Å². The number of rotatable bonds is 7. The number of hydrogen-bond donors (Lipinski definition) is 2. The topological polar surface area (TPSA) is 71.7 Å². The molecule has 1 rings (SSSR count). The van der Waals surface area contributed by atoms with Crippen LogP contribution in [0.3, 0.4) is 0 Å². The number of aromatic carboxylic acids is 1. The van der Waals surface area contributed by atoms with Crippen molar-refractivity contribution in [3.05, 3.63) is 23.2 Å². The Bertz CT molecular complexity index is 373. The summed E-state index contributed by atoms with van der Waals surface area (Å²) in [6, 6.07) is 1.56. The van der Waals surface area contributed by atoms with Crippen LogP contribution in [0.1, 0.15) is 28.8 Å². The molecule has 0 saturated carbocycles. The highest BCUT2D eigenvalue weighted by atomic mass is 16.5. The molecule has 5 heteroatoms. The lowest BCUT2D eigenvalue weighted by Gasteiger charge is -2.10. The second kappa shape index (κ2) is 6.42. The minimum atomic E-state index is -1.04. The van der Waals surface area contributed by atoms with Crippen molar-refractivity contribution >= 4 is 5.97 Å². The SMILES string of the molecule is COCC(C)CNCc1cc(C(=O)O)oc1C. The van der Waals surface area contributed by atoms with Gasteiger partial charge in [0.05, 0.1) is 0 Å². The van der Waals surface area contributed by atoms with Crippen LogP contribution >= 0.6 is 0 Å². The van der Waals surface area contributed by atoms with Crippen LogP contribution in [0.2, 0.25) is 0 Å². The van der Waals surface area contributed by atoms with E-state index in [0.717, 1.165) is 12.1 Å². The number of aryl methyl sites for hydroxylation is 1. The standard InChI is InChI=1S/C12H19NO4/c1-8(7-16-3)5-13-6-10-4-11(12(14)15)17-9(10)2/h4,8,13H,5-7H2,1-3H3,(H,14,15). The van der Waals surface area contributed by atoms with Gasteiger partial charge < -0.3 is 19.6 Å². The van der Waals surface area contributed by atoms with Gasteiger partial charge in [-0.1, -0.05) is 6.92 Å². The summed E-state index contributed by atoms with van der Waals surface area (Å²) in [4.78, 5) is 10.7. The van der Waals surface area contributed by atoms with E-state index in [1.54, 1.807) is 20.1 Å². The number of ether oxygens (including phenoxy) is 1. The fourth-order valence-corrected chi connectivity index (χ4v) is 1.60. The van der Waals surface area contributed by atoms with E-state index >= 15 is 0 Å². The van der Waals surface area contributed by atoms with Crippen molar-refractivity contribution in [3.8, 4) is 0 Å². The third-order valence-electron chi connectivity index (χ3n) is 2.49. The molecule has 96 valence electrons. The first kappa shape index (κ1) is 13.7. The molecule has 5 nitrogen and oxygen atoms in total. The van der Waals surface area contributed by atoms with Crippen molar-refractivity contribution in [1.29, 1.82) is 0 Å². The van der Waals surface area contributed by atoms with Gasteiger partial charge in [0, 0.05) is 32.4 Å². The highest BCUT2D eigenvalue weighted by Crippen LogP contribution is 2.14. The molecule has 0 aromatic carbocycles. The minimum absolute atomic E-state index is 0.00996. The van der Waals surface area contributed by atoms with Crippen LogP contribution in [0, 0.1) is 12.8 Å². The molecule has 0 saturated heterocycles. The highest BCUT2D eigenvalue weighted by Gasteiger charge is 2.12. The van der Waals surface area contributed by atoms with E-state index in [9.17, 15) is 4.79 Å². The van der Waals surface area contributed by atoms with Gasteiger partial charge in [0.2, 0.25) is 5.76 Å². The van der Waals surface area contributed by atoms with Crippen molar-refractivity contribution in [1.82, 2.24) is 5.32 Å². The Morgan fingerprint density at radius 1 is 1.65 bits per heavy atom. The maximum atomic E-state index is 10.7. The molecule has 1 aromatic rings. The van der Waals surface area contributed by atoms with Crippen LogP contribution in [0.15, 0.2) is 10.5 Å². The number of carbonyl (C=O) groups is 1. The first-order valence-electron chi connectivity index (χ1n) is 5.56. The molecule has 1 aromatic heterocycles. The Balaban J connectivity index is 2.44. The lowest BCUT2D eigenvalue weighted by Crippen LogP contribution is -2.23. The fourth-order valence-electron chi connectivity index (χ4n) is 1.60. The molecule has 0 amide bonds. The molecule has 1 heterocycles. The zero-order chi connectivity index (χ0) is 12.8. The van der Waals surface area contributed by atoms with Gasteiger partial charge in [0.25, 0.3) is 0 Å². The van der Waals surface area contributed by atoms with Gasteiger partial charge in [-0.05, 0) is 18.9 Å². The van der Waals surface area contributed by atoms with Crippen LogP contribution in [0.4, 0.5) is 0 Å². The monoisotopic (exact) mass is 241 g/mol. The van der Waals surface area contributed by atoms with Crippen molar-refractivity contribution in [2.75, 3.05) is 20.3 Å². The summed E-state index contributed by atoms with van der Waals surface area (Å²) in [6.07, 6.45) is 0. The third-order valence-corrected chi connectivity index (χ3v) is 2.49. The number of methoxy groups -OCH3 is 1. The average Bonchev–Trinajstić information content (AvgIpc) is 2.61. The van der Waals surface area contributed by atoms with Gasteiger partial charge >= 0.3 is 5.97 Å². The fraction of sp³-hybridized carbons (Fsp3) is 0.583. The number of furan rings is 1. The summed E-state index contributed by atoms with van der Waals surface area (Å²) in [5, 5.41) is 12.0. The minimum Gasteiger partial charge on any atom is -0.475 e. The molecular formula is C12H19NO4. The van der Waals surface area contributed by atoms with Crippen molar-refractivity contribution in [2.45, 2.75) is 20.4 Å². The van der Waals surface area contributed by atoms with Gasteiger partial charge in [0.15, 0.2) is 0 Å². The smallest absolute Gasteiger partial charge is 0.371 e. The van der Waals surface area contributed by atoms with Crippen LogP contribution in [-0.2, 0) is 11.3 Å². The Morgan fingerprint density at radius 2 is 2.35 bits per heavy atom. The summed E-state index contributed by atoms with van der Waals surface area (Å²) in [5.41, 5.74) is 0.881. The van der Waals surface area contributed by atoms with E-state index in [1.165, 1.54) is 0 Å². The molecule has 0 aliphatic rings. The van der Waals surface area contributed by atoms with Crippen LogP contribution in [-0.4, -0.2) is 31.3 Å². The molecule has 0 spiro atoms. The molecule has 17 heavy (non-hydrogen) atoms. The van der Waals surface area contributed by atoms with Crippen LogP contribution in [0.25, 0.3) is 0 Å². The van der Waals surface area contributed by atoms with E-state index in [-0.39, 0.29) is 5.76 Å². The summed E-state index contributed by atoms with van der Waals surface area (Å²) in [7, 11) is 1.68. The molecule has 0 aliphatic heterocycles. The van der Waals surface area contributed by atoms with Gasteiger partial charge in [-0.2, -0.15) is 0 Å². The van der Waals surface area contributed by atoms with Gasteiger partial charge in [0.1, 0.15) is 5.76 Å². The molecule has 0 radical (unpaired) electrons. The van der Waals surface area contributed by atoms with Crippen LogP contribution in [0.5, 0.6) is 0 Å². The normalized spacial score (nSPS) is 12.6. The van der Waals surface area contributed by atoms with Crippen molar-refractivity contribution in [3.63, 3.8) is 0 Å². The first-order chi connectivity index (χ1) is 8.04. The van der Waals surface area contributed by atoms with Crippen molar-refractivity contribution < 1.29 is 19.1 Å². The molecular weight excluding hydrogens is 222 g/mol. The van der Waals surface area contributed by atoms with E-state index < -0.39 is 5.97 Å². The lowest BCUT2D eigenvalue weighted by molar-refractivity contribution is 0.0661. The zero-order valence-corrected chi connectivity index (χ0v) is 10.4. The molecule has 0 fully saturated rings.